The molecule has 0 atom stereocenters. The third-order valence-corrected chi connectivity index (χ3v) is 4.31. The van der Waals surface area contributed by atoms with Gasteiger partial charge in [0, 0.05) is 18.6 Å². The summed E-state index contributed by atoms with van der Waals surface area (Å²) in [6.45, 7) is 11.5. The molecule has 1 aromatic carbocycles. The number of hydrogen-bond donors (Lipinski definition) is 1. The van der Waals surface area contributed by atoms with Crippen LogP contribution in [0.25, 0.3) is 0 Å². The van der Waals surface area contributed by atoms with Crippen LogP contribution in [0.1, 0.15) is 20.8 Å². The molecule has 0 aromatic heterocycles. The van der Waals surface area contributed by atoms with E-state index in [0.717, 1.165) is 5.57 Å². The molecule has 0 bridgehead atoms. The maximum Gasteiger partial charge on any atom is 0.285 e. The van der Waals surface area contributed by atoms with Crippen molar-refractivity contribution >= 4 is 22.0 Å². The molecule has 1 heterocycles. The standard InChI is InChI=1S/C15H21N3O2S/c1-12(9-16-15(2,3)4)10-18-11-17-21(19,20)14-8-6-5-7-13(14)18/h5-8,11,16H,1,9-10H2,2-4H3. The second-order valence-electron chi connectivity index (χ2n) is 6.15. The normalized spacial score (nSPS) is 16.6. The molecule has 0 fully saturated rings. The Morgan fingerprint density at radius 2 is 2.00 bits per heavy atom. The maximum atomic E-state index is 11.9. The lowest BCUT2D eigenvalue weighted by atomic mass is 10.1. The lowest BCUT2D eigenvalue weighted by molar-refractivity contribution is 0.443. The molecular weight excluding hydrogens is 286 g/mol. The Hall–Kier alpha value is -1.66. The smallest absolute Gasteiger partial charge is 0.285 e. The maximum absolute atomic E-state index is 11.9. The molecule has 1 aliphatic heterocycles. The van der Waals surface area contributed by atoms with Crippen molar-refractivity contribution in [2.75, 3.05) is 18.0 Å². The monoisotopic (exact) mass is 307 g/mol. The Morgan fingerprint density at radius 1 is 1.33 bits per heavy atom. The van der Waals surface area contributed by atoms with Crippen molar-refractivity contribution < 1.29 is 8.42 Å². The summed E-state index contributed by atoms with van der Waals surface area (Å²) in [6.07, 6.45) is 1.36. The Labute approximate surface area is 126 Å². The molecule has 0 unspecified atom stereocenters. The SMILES string of the molecule is C=C(CNC(C)(C)C)CN1C=NS(=O)(=O)c2ccccc21. The molecule has 21 heavy (non-hydrogen) atoms. The van der Waals surface area contributed by atoms with Crippen LogP contribution in [-0.2, 0) is 10.0 Å². The first-order valence-corrected chi connectivity index (χ1v) is 8.21. The van der Waals surface area contributed by atoms with Crippen molar-refractivity contribution in [2.24, 2.45) is 4.40 Å². The quantitative estimate of drug-likeness (QED) is 0.866. The zero-order valence-electron chi connectivity index (χ0n) is 12.6. The second kappa shape index (κ2) is 5.61. The van der Waals surface area contributed by atoms with Crippen LogP contribution in [0.4, 0.5) is 5.69 Å². The minimum Gasteiger partial charge on any atom is -0.326 e. The van der Waals surface area contributed by atoms with Gasteiger partial charge < -0.3 is 10.2 Å². The van der Waals surface area contributed by atoms with Gasteiger partial charge in [0.25, 0.3) is 10.0 Å². The fourth-order valence-corrected chi connectivity index (χ4v) is 3.02. The van der Waals surface area contributed by atoms with Crippen molar-refractivity contribution in [1.29, 1.82) is 0 Å². The summed E-state index contributed by atoms with van der Waals surface area (Å²) in [7, 11) is -3.56. The van der Waals surface area contributed by atoms with Crippen molar-refractivity contribution in [3.05, 3.63) is 36.4 Å². The van der Waals surface area contributed by atoms with Gasteiger partial charge in [0.1, 0.15) is 11.2 Å². The molecule has 0 saturated heterocycles. The van der Waals surface area contributed by atoms with Gasteiger partial charge in [0.15, 0.2) is 0 Å². The summed E-state index contributed by atoms with van der Waals surface area (Å²) in [5.74, 6) is 0. The number of benzene rings is 1. The summed E-state index contributed by atoms with van der Waals surface area (Å²) in [6, 6.07) is 6.87. The lowest BCUT2D eigenvalue weighted by Gasteiger charge is -2.27. The third-order valence-electron chi connectivity index (χ3n) is 3.04. The molecule has 114 valence electrons. The van der Waals surface area contributed by atoms with E-state index in [1.54, 1.807) is 18.2 Å². The van der Waals surface area contributed by atoms with E-state index in [1.165, 1.54) is 6.34 Å². The summed E-state index contributed by atoms with van der Waals surface area (Å²) >= 11 is 0. The third kappa shape index (κ3) is 3.92. The van der Waals surface area contributed by atoms with Gasteiger partial charge in [-0.2, -0.15) is 8.42 Å². The highest BCUT2D eigenvalue weighted by atomic mass is 32.2. The minimum absolute atomic E-state index is 0.0141. The summed E-state index contributed by atoms with van der Waals surface area (Å²) in [5, 5.41) is 3.36. The molecule has 1 aromatic rings. The Kier molecular flexibility index (Phi) is 4.20. The Balaban J connectivity index is 2.14. The van der Waals surface area contributed by atoms with Crippen molar-refractivity contribution in [3.8, 4) is 0 Å². The molecular formula is C15H21N3O2S. The van der Waals surface area contributed by atoms with Crippen LogP contribution in [0.5, 0.6) is 0 Å². The predicted octanol–water partition coefficient (Wildman–Crippen LogP) is 2.17. The number of rotatable bonds is 4. The highest BCUT2D eigenvalue weighted by Gasteiger charge is 2.24. The zero-order chi connectivity index (χ0) is 15.7. The molecule has 1 N–H and O–H groups in total. The van der Waals surface area contributed by atoms with E-state index < -0.39 is 10.0 Å². The number of nitrogens with zero attached hydrogens (tertiary/aromatic N) is 2. The summed E-state index contributed by atoms with van der Waals surface area (Å²) in [5.41, 5.74) is 1.62. The van der Waals surface area contributed by atoms with Crippen LogP contribution < -0.4 is 10.2 Å². The van der Waals surface area contributed by atoms with Crippen LogP contribution in [0, 0.1) is 0 Å². The van der Waals surface area contributed by atoms with E-state index >= 15 is 0 Å². The highest BCUT2D eigenvalue weighted by molar-refractivity contribution is 7.90. The van der Waals surface area contributed by atoms with E-state index in [1.807, 2.05) is 11.0 Å². The molecule has 2 rings (SSSR count). The molecule has 1 aliphatic rings. The van der Waals surface area contributed by atoms with Crippen LogP contribution in [0.2, 0.25) is 0 Å². The molecule has 0 saturated carbocycles. The Bertz CT molecular complexity index is 672. The van der Waals surface area contributed by atoms with Crippen molar-refractivity contribution in [1.82, 2.24) is 5.32 Å². The van der Waals surface area contributed by atoms with Gasteiger partial charge in [0.05, 0.1) is 5.69 Å². The van der Waals surface area contributed by atoms with Gasteiger partial charge >= 0.3 is 0 Å². The van der Waals surface area contributed by atoms with E-state index in [4.69, 9.17) is 0 Å². The highest BCUT2D eigenvalue weighted by Crippen LogP contribution is 2.29. The molecule has 0 aliphatic carbocycles. The molecule has 6 heteroatoms. The first-order valence-electron chi connectivity index (χ1n) is 6.77. The summed E-state index contributed by atoms with van der Waals surface area (Å²) < 4.78 is 27.5. The van der Waals surface area contributed by atoms with Crippen molar-refractivity contribution in [3.63, 3.8) is 0 Å². The Morgan fingerprint density at radius 3 is 2.67 bits per heavy atom. The van der Waals surface area contributed by atoms with Gasteiger partial charge in [-0.05, 0) is 38.5 Å². The van der Waals surface area contributed by atoms with E-state index in [2.05, 4.69) is 37.1 Å². The van der Waals surface area contributed by atoms with Crippen LogP contribution in [0.15, 0.2) is 45.7 Å². The topological polar surface area (TPSA) is 61.8 Å². The van der Waals surface area contributed by atoms with Gasteiger partial charge in [-0.3, -0.25) is 0 Å². The average Bonchev–Trinajstić information content (AvgIpc) is 2.39. The first kappa shape index (κ1) is 15.7. The molecule has 5 nitrogen and oxygen atoms in total. The second-order valence-corrected chi connectivity index (χ2v) is 7.75. The number of anilines is 1. The van der Waals surface area contributed by atoms with Gasteiger partial charge in [-0.25, -0.2) is 0 Å². The van der Waals surface area contributed by atoms with Gasteiger partial charge in [0.2, 0.25) is 0 Å². The number of sulfonamides is 1. The molecule has 0 radical (unpaired) electrons. The number of fused-ring (bicyclic) bond motifs is 1. The largest absolute Gasteiger partial charge is 0.326 e. The number of nitrogens with one attached hydrogen (secondary N) is 1. The van der Waals surface area contributed by atoms with Gasteiger partial charge in [-0.1, -0.05) is 18.7 Å². The fraction of sp³-hybridized carbons (Fsp3) is 0.400. The number of para-hydroxylation sites is 1. The summed E-state index contributed by atoms with van der Waals surface area (Å²) in [4.78, 5) is 2.05. The lowest BCUT2D eigenvalue weighted by Crippen LogP contribution is -2.39. The van der Waals surface area contributed by atoms with E-state index in [-0.39, 0.29) is 10.4 Å². The van der Waals surface area contributed by atoms with E-state index in [0.29, 0.717) is 18.8 Å². The first-order chi connectivity index (χ1) is 9.69. The van der Waals surface area contributed by atoms with Crippen LogP contribution in [0.3, 0.4) is 0 Å². The zero-order valence-corrected chi connectivity index (χ0v) is 13.4. The van der Waals surface area contributed by atoms with Crippen LogP contribution >= 0.6 is 0 Å². The minimum atomic E-state index is -3.56. The van der Waals surface area contributed by atoms with Crippen LogP contribution in [-0.4, -0.2) is 33.4 Å². The predicted molar refractivity (Wildman–Crippen MR) is 86.4 cm³/mol. The average molecular weight is 307 g/mol. The number of hydrogen-bond acceptors (Lipinski definition) is 4. The molecule has 0 amide bonds. The fourth-order valence-electron chi connectivity index (χ4n) is 1.96. The van der Waals surface area contributed by atoms with Crippen molar-refractivity contribution in [2.45, 2.75) is 31.2 Å². The van der Waals surface area contributed by atoms with Gasteiger partial charge in [-0.15, -0.1) is 4.40 Å². The molecule has 0 spiro atoms. The van der Waals surface area contributed by atoms with E-state index in [9.17, 15) is 8.42 Å².